The zero-order valence-electron chi connectivity index (χ0n) is 15.5. The molecule has 1 saturated carbocycles. The summed E-state index contributed by atoms with van der Waals surface area (Å²) in [6.45, 7) is 2.20. The number of hydrogen-bond donors (Lipinski definition) is 2. The van der Waals surface area contributed by atoms with Crippen LogP contribution in [-0.2, 0) is 0 Å². The van der Waals surface area contributed by atoms with Gasteiger partial charge in [-0.3, -0.25) is 10.1 Å². The van der Waals surface area contributed by atoms with Crippen LogP contribution in [-0.4, -0.2) is 39.7 Å². The average molecular weight is 405 g/mol. The second kappa shape index (κ2) is 7.70. The summed E-state index contributed by atoms with van der Waals surface area (Å²) in [7, 11) is 1.41. The predicted molar refractivity (Wildman–Crippen MR) is 103 cm³/mol. The number of anilines is 1. The fourth-order valence-electron chi connectivity index (χ4n) is 3.52. The van der Waals surface area contributed by atoms with E-state index in [4.69, 9.17) is 9.47 Å². The minimum atomic E-state index is -0.487. The molecule has 0 unspecified atom stereocenters. The molecule has 2 atom stereocenters. The molecular formula is C18H20FN5O3S. The summed E-state index contributed by atoms with van der Waals surface area (Å²) in [6.07, 6.45) is 4.10. The van der Waals surface area contributed by atoms with Crippen molar-refractivity contribution in [1.82, 2.24) is 20.6 Å². The Bertz CT molecular complexity index is 991. The average Bonchev–Trinajstić information content (AvgIpc) is 3.29. The summed E-state index contributed by atoms with van der Waals surface area (Å²) in [6, 6.07) is 2.94. The Hall–Kier alpha value is -2.75. The molecule has 2 heterocycles. The maximum Gasteiger partial charge on any atom is 0.272 e. The van der Waals surface area contributed by atoms with E-state index < -0.39 is 11.7 Å². The molecule has 148 valence electrons. The van der Waals surface area contributed by atoms with Gasteiger partial charge in [0.1, 0.15) is 4.88 Å². The predicted octanol–water partition coefficient (Wildman–Crippen LogP) is 3.77. The number of thiophene rings is 1. The van der Waals surface area contributed by atoms with Crippen LogP contribution in [0.3, 0.4) is 0 Å². The van der Waals surface area contributed by atoms with Crippen molar-refractivity contribution in [3.05, 3.63) is 22.8 Å². The Kier molecular flexibility index (Phi) is 5.12. The third kappa shape index (κ3) is 3.64. The Morgan fingerprint density at radius 1 is 1.39 bits per heavy atom. The number of tetrazole rings is 1. The van der Waals surface area contributed by atoms with E-state index in [-0.39, 0.29) is 17.8 Å². The standard InChI is InChI=1S/C18H20FN5O3S/c1-9-4-3-5-10(6-9)27-15-11-7-13(26-2)12(19)8-14(11)28-16(15)17(25)20-18-21-23-24-22-18/h7-10H,3-6H2,1-2H3,(H2,20,21,22,23,24,25)/t9-,10+/m0/s1. The topological polar surface area (TPSA) is 102 Å². The highest BCUT2D eigenvalue weighted by Gasteiger charge is 2.27. The zero-order valence-corrected chi connectivity index (χ0v) is 16.3. The van der Waals surface area contributed by atoms with Crippen LogP contribution in [0.5, 0.6) is 11.5 Å². The van der Waals surface area contributed by atoms with Crippen molar-refractivity contribution in [3.63, 3.8) is 0 Å². The Morgan fingerprint density at radius 2 is 2.25 bits per heavy atom. The first-order chi connectivity index (χ1) is 13.5. The number of aromatic nitrogens is 4. The van der Waals surface area contributed by atoms with Gasteiger partial charge in [-0.05, 0) is 42.5 Å². The number of halogens is 1. The number of ether oxygens (including phenoxy) is 2. The molecule has 0 bridgehead atoms. The molecular weight excluding hydrogens is 385 g/mol. The SMILES string of the molecule is COc1cc2c(O[C@@H]3CCC[C@H](C)C3)c(C(=O)Nc3nn[nH]n3)sc2cc1F. The van der Waals surface area contributed by atoms with Crippen molar-refractivity contribution in [1.29, 1.82) is 0 Å². The molecule has 0 saturated heterocycles. The van der Waals surface area contributed by atoms with Gasteiger partial charge in [-0.2, -0.15) is 5.21 Å². The van der Waals surface area contributed by atoms with Crippen LogP contribution in [0.15, 0.2) is 12.1 Å². The summed E-state index contributed by atoms with van der Waals surface area (Å²) < 4.78 is 26.2. The molecule has 2 aromatic heterocycles. The van der Waals surface area contributed by atoms with E-state index in [1.165, 1.54) is 19.6 Å². The van der Waals surface area contributed by atoms with E-state index in [9.17, 15) is 9.18 Å². The molecule has 1 aliphatic carbocycles. The number of amides is 1. The molecule has 28 heavy (non-hydrogen) atoms. The first-order valence-corrected chi connectivity index (χ1v) is 9.88. The van der Waals surface area contributed by atoms with Gasteiger partial charge in [-0.1, -0.05) is 18.4 Å². The third-order valence-corrected chi connectivity index (χ3v) is 6.00. The molecule has 0 aliphatic heterocycles. The lowest BCUT2D eigenvalue weighted by Crippen LogP contribution is -2.25. The van der Waals surface area contributed by atoms with E-state index in [0.717, 1.165) is 30.6 Å². The van der Waals surface area contributed by atoms with Crippen LogP contribution in [0.2, 0.25) is 0 Å². The molecule has 3 aromatic rings. The minimum Gasteiger partial charge on any atom is -0.494 e. The quantitative estimate of drug-likeness (QED) is 0.670. The van der Waals surface area contributed by atoms with Gasteiger partial charge < -0.3 is 9.47 Å². The molecule has 1 aliphatic rings. The van der Waals surface area contributed by atoms with Gasteiger partial charge in [0, 0.05) is 10.1 Å². The van der Waals surface area contributed by atoms with Gasteiger partial charge in [-0.25, -0.2) is 4.39 Å². The molecule has 0 spiro atoms. The highest BCUT2D eigenvalue weighted by atomic mass is 32.1. The van der Waals surface area contributed by atoms with Crippen LogP contribution in [0.1, 0.15) is 42.3 Å². The normalized spacial score (nSPS) is 19.5. The van der Waals surface area contributed by atoms with E-state index in [0.29, 0.717) is 26.6 Å². The maximum atomic E-state index is 14.2. The highest BCUT2D eigenvalue weighted by Crippen LogP contribution is 2.42. The van der Waals surface area contributed by atoms with Crippen molar-refractivity contribution < 1.29 is 18.7 Å². The molecule has 1 aromatic carbocycles. The van der Waals surface area contributed by atoms with Crippen molar-refractivity contribution in [2.45, 2.75) is 38.7 Å². The summed E-state index contributed by atoms with van der Waals surface area (Å²) >= 11 is 1.16. The molecule has 8 nitrogen and oxygen atoms in total. The molecule has 1 fully saturated rings. The summed E-state index contributed by atoms with van der Waals surface area (Å²) in [5, 5.41) is 16.4. The number of H-pyrrole nitrogens is 1. The first-order valence-electron chi connectivity index (χ1n) is 9.06. The van der Waals surface area contributed by atoms with Gasteiger partial charge in [0.25, 0.3) is 11.9 Å². The van der Waals surface area contributed by atoms with Gasteiger partial charge in [-0.15, -0.1) is 16.4 Å². The number of fused-ring (bicyclic) bond motifs is 1. The minimum absolute atomic E-state index is 0.00863. The Morgan fingerprint density at radius 3 is 2.96 bits per heavy atom. The van der Waals surface area contributed by atoms with E-state index in [1.807, 2.05) is 0 Å². The third-order valence-electron chi connectivity index (χ3n) is 4.87. The Balaban J connectivity index is 1.74. The second-order valence-electron chi connectivity index (χ2n) is 6.94. The number of carbonyl (C=O) groups excluding carboxylic acids is 1. The molecule has 4 rings (SSSR count). The van der Waals surface area contributed by atoms with E-state index in [1.54, 1.807) is 6.07 Å². The zero-order chi connectivity index (χ0) is 19.7. The summed E-state index contributed by atoms with van der Waals surface area (Å²) in [4.78, 5) is 13.2. The number of hydrogen-bond acceptors (Lipinski definition) is 7. The maximum absolute atomic E-state index is 14.2. The van der Waals surface area contributed by atoms with E-state index in [2.05, 4.69) is 32.9 Å². The number of nitrogens with zero attached hydrogens (tertiary/aromatic N) is 3. The van der Waals surface area contributed by atoms with Gasteiger partial charge in [0.15, 0.2) is 17.3 Å². The fraction of sp³-hybridized carbons (Fsp3) is 0.444. The van der Waals surface area contributed by atoms with Crippen molar-refractivity contribution >= 4 is 33.3 Å². The number of rotatable bonds is 5. The van der Waals surface area contributed by atoms with Gasteiger partial charge in [0.2, 0.25) is 0 Å². The molecule has 10 heteroatoms. The lowest BCUT2D eigenvalue weighted by Gasteiger charge is -2.27. The summed E-state index contributed by atoms with van der Waals surface area (Å²) in [5.74, 6) is 0.256. The van der Waals surface area contributed by atoms with Gasteiger partial charge >= 0.3 is 0 Å². The number of benzene rings is 1. The number of methoxy groups -OCH3 is 1. The first kappa shape index (κ1) is 18.6. The van der Waals surface area contributed by atoms with Gasteiger partial charge in [0.05, 0.1) is 13.2 Å². The molecule has 1 amide bonds. The number of nitrogens with one attached hydrogen (secondary N) is 2. The van der Waals surface area contributed by atoms with Crippen LogP contribution >= 0.6 is 11.3 Å². The van der Waals surface area contributed by atoms with Crippen molar-refractivity contribution in [2.75, 3.05) is 12.4 Å². The molecule has 2 N–H and O–H groups in total. The lowest BCUT2D eigenvalue weighted by molar-refractivity contribution is 0.101. The Labute approximate surface area is 164 Å². The number of carbonyl (C=O) groups is 1. The molecule has 0 radical (unpaired) electrons. The second-order valence-corrected chi connectivity index (χ2v) is 8.00. The largest absolute Gasteiger partial charge is 0.494 e. The lowest BCUT2D eigenvalue weighted by atomic mass is 9.88. The summed E-state index contributed by atoms with van der Waals surface area (Å²) in [5.41, 5.74) is 0. The number of aromatic amines is 1. The van der Waals surface area contributed by atoms with Crippen LogP contribution in [0.4, 0.5) is 10.3 Å². The van der Waals surface area contributed by atoms with Crippen molar-refractivity contribution in [3.8, 4) is 11.5 Å². The highest BCUT2D eigenvalue weighted by molar-refractivity contribution is 7.21. The smallest absolute Gasteiger partial charge is 0.272 e. The van der Waals surface area contributed by atoms with Crippen LogP contribution in [0.25, 0.3) is 10.1 Å². The van der Waals surface area contributed by atoms with Crippen LogP contribution < -0.4 is 14.8 Å². The monoisotopic (exact) mass is 405 g/mol. The van der Waals surface area contributed by atoms with Crippen LogP contribution in [0, 0.1) is 11.7 Å². The van der Waals surface area contributed by atoms with E-state index >= 15 is 0 Å². The van der Waals surface area contributed by atoms with Crippen molar-refractivity contribution in [2.24, 2.45) is 5.92 Å². The fourth-order valence-corrected chi connectivity index (χ4v) is 4.56.